The van der Waals surface area contributed by atoms with Crippen molar-refractivity contribution in [1.29, 1.82) is 0 Å². The van der Waals surface area contributed by atoms with Gasteiger partial charge in [-0.05, 0) is 103 Å². The minimum atomic E-state index is -0.114. The lowest BCUT2D eigenvalue weighted by Crippen LogP contribution is -2.54. The van der Waals surface area contributed by atoms with Crippen LogP contribution >= 0.6 is 0 Å². The van der Waals surface area contributed by atoms with Gasteiger partial charge in [-0.25, -0.2) is 0 Å². The van der Waals surface area contributed by atoms with Crippen molar-refractivity contribution in [3.63, 3.8) is 0 Å². The minimum Gasteiger partial charge on any atom is -0.279 e. The first kappa shape index (κ1) is 30.7. The van der Waals surface area contributed by atoms with E-state index in [1.807, 2.05) is 0 Å². The van der Waals surface area contributed by atoms with E-state index >= 15 is 0 Å². The van der Waals surface area contributed by atoms with Crippen molar-refractivity contribution in [3.8, 4) is 33.4 Å². The van der Waals surface area contributed by atoms with Gasteiger partial charge in [0.05, 0.1) is 18.5 Å². The Balaban J connectivity index is 1.24. The zero-order valence-corrected chi connectivity index (χ0v) is 28.7. The topological polar surface area (TPSA) is 36.1 Å². The molecule has 0 bridgehead atoms. The van der Waals surface area contributed by atoms with Gasteiger partial charge >= 0.3 is 0 Å². The van der Waals surface area contributed by atoms with Crippen LogP contribution in [0.2, 0.25) is 0 Å². The van der Waals surface area contributed by atoms with Crippen LogP contribution in [0.3, 0.4) is 0 Å². The van der Waals surface area contributed by atoms with Gasteiger partial charge in [0.25, 0.3) is 0 Å². The fourth-order valence-corrected chi connectivity index (χ4v) is 8.19. The molecular weight excluding hydrogens is 607 g/mol. The molecule has 3 nitrogen and oxygen atoms in total. The molecular formula is C47H41N3. The Morgan fingerprint density at radius 2 is 0.960 bits per heavy atom. The number of fused-ring (bicyclic) bond motifs is 5. The smallest absolute Gasteiger partial charge is 0.0865 e. The van der Waals surface area contributed by atoms with Crippen molar-refractivity contribution in [1.82, 2.24) is 16.0 Å². The summed E-state index contributed by atoms with van der Waals surface area (Å²) in [6.45, 7) is 6.90. The molecule has 244 valence electrons. The van der Waals surface area contributed by atoms with Crippen molar-refractivity contribution in [2.45, 2.75) is 44.7 Å². The van der Waals surface area contributed by atoms with Crippen molar-refractivity contribution in [3.05, 3.63) is 191 Å². The first-order valence-corrected chi connectivity index (χ1v) is 17.7. The van der Waals surface area contributed by atoms with Gasteiger partial charge in [0.2, 0.25) is 0 Å². The van der Waals surface area contributed by atoms with E-state index in [2.05, 4.69) is 194 Å². The van der Waals surface area contributed by atoms with E-state index < -0.39 is 0 Å². The summed E-state index contributed by atoms with van der Waals surface area (Å²) in [5, 5.41) is 14.3. The SMILES string of the molecule is Cc1ccc(-c2cc(-c3cc4c(c5ccccc35)-c3ccccc3C4(C)C)cc(C3NC(c4ccccc4)NC(c4ccccc4)N3)c2)cc1. The highest BCUT2D eigenvalue weighted by Gasteiger charge is 2.37. The Morgan fingerprint density at radius 1 is 0.420 bits per heavy atom. The average molecular weight is 648 g/mol. The second-order valence-electron chi connectivity index (χ2n) is 14.4. The van der Waals surface area contributed by atoms with Crippen molar-refractivity contribution in [2.24, 2.45) is 0 Å². The van der Waals surface area contributed by atoms with Gasteiger partial charge < -0.3 is 0 Å². The molecule has 1 saturated heterocycles. The fraction of sp³-hybridized carbons (Fsp3) is 0.149. The lowest BCUT2D eigenvalue weighted by molar-refractivity contribution is 0.203. The predicted molar refractivity (Wildman–Crippen MR) is 208 cm³/mol. The van der Waals surface area contributed by atoms with Crippen LogP contribution in [-0.2, 0) is 5.41 Å². The minimum absolute atomic E-state index is 0.0423. The van der Waals surface area contributed by atoms with Crippen molar-refractivity contribution >= 4 is 10.8 Å². The third-order valence-corrected chi connectivity index (χ3v) is 10.8. The predicted octanol–water partition coefficient (Wildman–Crippen LogP) is 11.0. The molecule has 2 aliphatic rings. The van der Waals surface area contributed by atoms with Crippen LogP contribution in [0.1, 0.15) is 65.7 Å². The summed E-state index contributed by atoms with van der Waals surface area (Å²) >= 11 is 0. The summed E-state index contributed by atoms with van der Waals surface area (Å²) < 4.78 is 0. The first-order chi connectivity index (χ1) is 24.4. The lowest BCUT2D eigenvalue weighted by atomic mass is 9.80. The molecule has 0 amide bonds. The number of aryl methyl sites for hydroxylation is 1. The molecule has 0 saturated carbocycles. The highest BCUT2D eigenvalue weighted by atomic mass is 15.4. The normalized spacial score (nSPS) is 19.2. The van der Waals surface area contributed by atoms with Gasteiger partial charge in [0, 0.05) is 5.41 Å². The fourth-order valence-electron chi connectivity index (χ4n) is 8.19. The third kappa shape index (κ3) is 5.26. The molecule has 2 unspecified atom stereocenters. The maximum Gasteiger partial charge on any atom is 0.0865 e. The number of hydrogen-bond donors (Lipinski definition) is 3. The van der Waals surface area contributed by atoms with Gasteiger partial charge in [-0.2, -0.15) is 0 Å². The second kappa shape index (κ2) is 12.2. The maximum atomic E-state index is 3.93. The van der Waals surface area contributed by atoms with Crippen LogP contribution in [0, 0.1) is 6.92 Å². The Hall–Kier alpha value is -5.32. The maximum absolute atomic E-state index is 3.93. The zero-order valence-electron chi connectivity index (χ0n) is 28.7. The van der Waals surface area contributed by atoms with Gasteiger partial charge in [0.1, 0.15) is 0 Å². The lowest BCUT2D eigenvalue weighted by Gasteiger charge is -2.40. The van der Waals surface area contributed by atoms with Crippen LogP contribution < -0.4 is 16.0 Å². The van der Waals surface area contributed by atoms with Crippen molar-refractivity contribution in [2.75, 3.05) is 0 Å². The molecule has 1 heterocycles. The first-order valence-electron chi connectivity index (χ1n) is 17.7. The largest absolute Gasteiger partial charge is 0.279 e. The third-order valence-electron chi connectivity index (χ3n) is 10.8. The second-order valence-corrected chi connectivity index (χ2v) is 14.4. The van der Waals surface area contributed by atoms with Gasteiger partial charge in [-0.3, -0.25) is 16.0 Å². The Kier molecular flexibility index (Phi) is 7.51. The molecule has 2 atom stereocenters. The van der Waals surface area contributed by atoms with Crippen LogP contribution in [0.15, 0.2) is 158 Å². The number of hydrogen-bond acceptors (Lipinski definition) is 3. The number of nitrogens with one attached hydrogen (secondary N) is 3. The molecule has 1 aliphatic heterocycles. The quantitative estimate of drug-likeness (QED) is 0.174. The van der Waals surface area contributed by atoms with E-state index in [9.17, 15) is 0 Å². The monoisotopic (exact) mass is 647 g/mol. The van der Waals surface area contributed by atoms with Crippen LogP contribution in [0.25, 0.3) is 44.2 Å². The molecule has 7 aromatic rings. The van der Waals surface area contributed by atoms with E-state index in [0.717, 1.165) is 0 Å². The molecule has 0 radical (unpaired) electrons. The van der Waals surface area contributed by atoms with Gasteiger partial charge in [0.15, 0.2) is 0 Å². The molecule has 1 fully saturated rings. The number of rotatable bonds is 5. The zero-order chi connectivity index (χ0) is 33.8. The molecule has 7 aromatic carbocycles. The van der Waals surface area contributed by atoms with Gasteiger partial charge in [-0.1, -0.05) is 153 Å². The van der Waals surface area contributed by atoms with Crippen LogP contribution in [0.4, 0.5) is 0 Å². The summed E-state index contributed by atoms with van der Waals surface area (Å²) in [5.74, 6) is 0. The number of benzene rings is 7. The summed E-state index contributed by atoms with van der Waals surface area (Å²) in [7, 11) is 0. The van der Waals surface area contributed by atoms with E-state index in [4.69, 9.17) is 0 Å². The van der Waals surface area contributed by atoms with Gasteiger partial charge in [-0.15, -0.1) is 0 Å². The molecule has 3 N–H and O–H groups in total. The summed E-state index contributed by atoms with van der Waals surface area (Å²) in [4.78, 5) is 0. The highest BCUT2D eigenvalue weighted by Crippen LogP contribution is 2.53. The van der Waals surface area contributed by atoms with Crippen LogP contribution in [-0.4, -0.2) is 0 Å². The Bertz CT molecular complexity index is 2290. The van der Waals surface area contributed by atoms with E-state index in [0.29, 0.717) is 0 Å². The highest BCUT2D eigenvalue weighted by molar-refractivity contribution is 6.09. The molecule has 50 heavy (non-hydrogen) atoms. The molecule has 0 spiro atoms. The molecule has 9 rings (SSSR count). The van der Waals surface area contributed by atoms with Crippen molar-refractivity contribution < 1.29 is 0 Å². The summed E-state index contributed by atoms with van der Waals surface area (Å²) in [6, 6.07) is 57.9. The molecule has 0 aromatic heterocycles. The Labute approximate surface area is 295 Å². The van der Waals surface area contributed by atoms with Crippen LogP contribution in [0.5, 0.6) is 0 Å². The van der Waals surface area contributed by atoms with E-state index in [1.54, 1.807) is 0 Å². The molecule has 1 aliphatic carbocycles. The average Bonchev–Trinajstić information content (AvgIpc) is 3.41. The summed E-state index contributed by atoms with van der Waals surface area (Å²) in [5.41, 5.74) is 15.2. The van der Waals surface area contributed by atoms with E-state index in [-0.39, 0.29) is 23.9 Å². The molecule has 3 heteroatoms. The van der Waals surface area contributed by atoms with E-state index in [1.165, 1.54) is 77.5 Å². The standard InChI is InChI=1S/C47H41N3/c1-30-22-24-31(25-23-30)34-26-35(40-29-42-43(38-19-11-10-18-37(38)40)39-20-12-13-21-41(39)47(42,2)3)28-36(27-34)46-49-44(32-14-6-4-7-15-32)48-45(50-46)33-16-8-5-9-17-33/h4-29,44-46,48-50H,1-3H3. The Morgan fingerprint density at radius 3 is 1.62 bits per heavy atom. The summed E-state index contributed by atoms with van der Waals surface area (Å²) in [6.07, 6.45) is -0.198.